The van der Waals surface area contributed by atoms with Crippen LogP contribution in [0, 0.1) is 0 Å². The molecule has 0 unspecified atom stereocenters. The molecule has 1 saturated heterocycles. The average molecular weight is 339 g/mol. The van der Waals surface area contributed by atoms with Crippen LogP contribution in [0.5, 0.6) is 5.75 Å². The Morgan fingerprint density at radius 2 is 1.74 bits per heavy atom. The number of rotatable bonds is 3. The minimum atomic E-state index is -0.223. The highest BCUT2D eigenvalue weighted by atomic mass is 32.2. The summed E-state index contributed by atoms with van der Waals surface area (Å²) >= 11 is 6.50. The predicted molar refractivity (Wildman–Crippen MR) is 99.3 cm³/mol. The molecule has 0 bridgehead atoms. The Morgan fingerprint density at radius 3 is 2.48 bits per heavy atom. The van der Waals surface area contributed by atoms with Crippen molar-refractivity contribution in [1.82, 2.24) is 0 Å². The summed E-state index contributed by atoms with van der Waals surface area (Å²) in [6.45, 7) is 0. The van der Waals surface area contributed by atoms with Gasteiger partial charge in [-0.05, 0) is 23.8 Å². The first-order valence-corrected chi connectivity index (χ1v) is 8.17. The molecule has 1 aliphatic rings. The number of aromatic hydroxyl groups is 1. The first kappa shape index (κ1) is 15.5. The Kier molecular flexibility index (Phi) is 4.60. The largest absolute Gasteiger partial charge is 0.506 e. The van der Waals surface area contributed by atoms with Gasteiger partial charge in [0.05, 0.1) is 10.6 Å². The monoisotopic (exact) mass is 339 g/mol. The highest BCUT2D eigenvalue weighted by molar-refractivity contribution is 8.27. The molecule has 1 N–H and O–H groups in total. The summed E-state index contributed by atoms with van der Waals surface area (Å²) in [7, 11) is 0. The molecule has 1 fully saturated rings. The highest BCUT2D eigenvalue weighted by Crippen LogP contribution is 2.38. The van der Waals surface area contributed by atoms with Crippen molar-refractivity contribution in [1.29, 1.82) is 0 Å². The van der Waals surface area contributed by atoms with Gasteiger partial charge in [-0.2, -0.15) is 0 Å². The van der Waals surface area contributed by atoms with Crippen LogP contribution in [0.15, 0.2) is 71.7 Å². The van der Waals surface area contributed by atoms with Gasteiger partial charge >= 0.3 is 0 Å². The molecule has 2 aromatic rings. The molecule has 0 saturated carbocycles. The second-order valence-corrected chi connectivity index (χ2v) is 6.47. The zero-order valence-electron chi connectivity index (χ0n) is 12.0. The van der Waals surface area contributed by atoms with Crippen LogP contribution < -0.4 is 4.90 Å². The van der Waals surface area contributed by atoms with Crippen LogP contribution in [0.2, 0.25) is 0 Å². The van der Waals surface area contributed by atoms with Crippen LogP contribution in [0.1, 0.15) is 5.56 Å². The lowest BCUT2D eigenvalue weighted by Crippen LogP contribution is -2.27. The number of allylic oxidation sites excluding steroid dienone is 2. The maximum Gasteiger partial charge on any atom is 0.270 e. The Hall–Kier alpha value is -2.37. The number of carbonyl (C=O) groups excluding carboxylic acids is 1. The zero-order valence-corrected chi connectivity index (χ0v) is 13.7. The fourth-order valence-electron chi connectivity index (χ4n) is 2.15. The molecule has 1 aliphatic heterocycles. The smallest absolute Gasteiger partial charge is 0.270 e. The Labute approximate surface area is 143 Å². The van der Waals surface area contributed by atoms with E-state index in [2.05, 4.69) is 0 Å². The predicted octanol–water partition coefficient (Wildman–Crippen LogP) is 4.35. The number of benzene rings is 2. The SMILES string of the molecule is O=C1C(=CC=Cc2ccccc2)SC(=S)N1c1ccccc1O. The van der Waals surface area contributed by atoms with Crippen LogP contribution in [-0.2, 0) is 4.79 Å². The average Bonchev–Trinajstić information content (AvgIpc) is 2.83. The molecule has 1 amide bonds. The van der Waals surface area contributed by atoms with E-state index in [-0.39, 0.29) is 11.7 Å². The standard InChI is InChI=1S/C18H13NO2S2/c20-15-11-5-4-10-14(15)19-17(21)16(23-18(19)22)12-6-9-13-7-2-1-3-8-13/h1-12,20H. The van der Waals surface area contributed by atoms with Gasteiger partial charge < -0.3 is 5.11 Å². The molecule has 5 heteroatoms. The summed E-state index contributed by atoms with van der Waals surface area (Å²) in [6, 6.07) is 16.5. The van der Waals surface area contributed by atoms with E-state index in [1.54, 1.807) is 24.3 Å². The number of hydrogen-bond acceptors (Lipinski definition) is 4. The van der Waals surface area contributed by atoms with Crippen molar-refractivity contribution in [2.45, 2.75) is 0 Å². The van der Waals surface area contributed by atoms with E-state index in [9.17, 15) is 9.90 Å². The van der Waals surface area contributed by atoms with Crippen molar-refractivity contribution in [3.05, 3.63) is 77.2 Å². The number of para-hydroxylation sites is 2. The van der Waals surface area contributed by atoms with Gasteiger partial charge in [-0.15, -0.1) is 0 Å². The summed E-state index contributed by atoms with van der Waals surface area (Å²) in [4.78, 5) is 14.4. The molecular weight excluding hydrogens is 326 g/mol. The fourth-order valence-corrected chi connectivity index (χ4v) is 3.39. The number of thiocarbonyl (C=S) groups is 1. The molecule has 0 spiro atoms. The molecule has 0 aliphatic carbocycles. The van der Waals surface area contributed by atoms with E-state index in [4.69, 9.17) is 12.2 Å². The molecular formula is C18H13NO2S2. The van der Waals surface area contributed by atoms with E-state index in [0.29, 0.717) is 14.9 Å². The molecule has 23 heavy (non-hydrogen) atoms. The molecule has 2 aromatic carbocycles. The van der Waals surface area contributed by atoms with Gasteiger partial charge in [0.2, 0.25) is 0 Å². The number of carbonyl (C=O) groups is 1. The van der Waals surface area contributed by atoms with E-state index in [0.717, 1.165) is 5.56 Å². The van der Waals surface area contributed by atoms with Crippen molar-refractivity contribution in [3.63, 3.8) is 0 Å². The van der Waals surface area contributed by atoms with Gasteiger partial charge in [0.1, 0.15) is 5.75 Å². The van der Waals surface area contributed by atoms with Crippen LogP contribution in [0.3, 0.4) is 0 Å². The Bertz CT molecular complexity index is 813. The van der Waals surface area contributed by atoms with E-state index >= 15 is 0 Å². The third-order valence-corrected chi connectivity index (χ3v) is 4.57. The summed E-state index contributed by atoms with van der Waals surface area (Å²) < 4.78 is 0.413. The van der Waals surface area contributed by atoms with Gasteiger partial charge in [0.25, 0.3) is 5.91 Å². The number of phenols is 1. The number of hydrogen-bond donors (Lipinski definition) is 1. The summed E-state index contributed by atoms with van der Waals surface area (Å²) in [5.74, 6) is -0.191. The van der Waals surface area contributed by atoms with Gasteiger partial charge in [-0.25, -0.2) is 0 Å². The molecule has 3 rings (SSSR count). The summed E-state index contributed by atoms with van der Waals surface area (Å²) in [6.07, 6.45) is 5.49. The van der Waals surface area contributed by atoms with Crippen molar-refractivity contribution < 1.29 is 9.90 Å². The van der Waals surface area contributed by atoms with E-state index < -0.39 is 0 Å². The lowest BCUT2D eigenvalue weighted by atomic mass is 10.2. The molecule has 1 heterocycles. The van der Waals surface area contributed by atoms with Gasteiger partial charge in [0.15, 0.2) is 4.32 Å². The second kappa shape index (κ2) is 6.81. The molecule has 0 atom stereocenters. The maximum atomic E-state index is 12.5. The summed E-state index contributed by atoms with van der Waals surface area (Å²) in [5, 5.41) is 9.92. The number of anilines is 1. The van der Waals surface area contributed by atoms with Crippen LogP contribution in [-0.4, -0.2) is 15.3 Å². The van der Waals surface area contributed by atoms with E-state index in [1.165, 1.54) is 22.7 Å². The van der Waals surface area contributed by atoms with Crippen molar-refractivity contribution >= 4 is 46.0 Å². The number of nitrogens with zero attached hydrogens (tertiary/aromatic N) is 1. The quantitative estimate of drug-likeness (QED) is 0.666. The van der Waals surface area contributed by atoms with Crippen LogP contribution in [0.4, 0.5) is 5.69 Å². The third kappa shape index (κ3) is 3.36. The minimum absolute atomic E-state index is 0.0323. The molecule has 3 nitrogen and oxygen atoms in total. The molecule has 0 radical (unpaired) electrons. The van der Waals surface area contributed by atoms with Crippen molar-refractivity contribution in [2.75, 3.05) is 4.90 Å². The van der Waals surface area contributed by atoms with Gasteiger partial charge in [-0.1, -0.05) is 78.6 Å². The normalized spacial score (nSPS) is 16.7. The highest BCUT2D eigenvalue weighted by Gasteiger charge is 2.34. The van der Waals surface area contributed by atoms with Gasteiger partial charge in [-0.3, -0.25) is 9.69 Å². The Morgan fingerprint density at radius 1 is 1.04 bits per heavy atom. The van der Waals surface area contributed by atoms with Crippen LogP contribution >= 0.6 is 24.0 Å². The maximum absolute atomic E-state index is 12.5. The lowest BCUT2D eigenvalue weighted by Gasteiger charge is -2.15. The van der Waals surface area contributed by atoms with Crippen LogP contribution in [0.25, 0.3) is 6.08 Å². The van der Waals surface area contributed by atoms with E-state index in [1.807, 2.05) is 42.5 Å². The van der Waals surface area contributed by atoms with Crippen molar-refractivity contribution in [2.24, 2.45) is 0 Å². The molecule has 0 aromatic heterocycles. The zero-order chi connectivity index (χ0) is 16.2. The number of phenolic OH excluding ortho intramolecular Hbond substituents is 1. The number of amides is 1. The number of thioether (sulfide) groups is 1. The molecule has 114 valence electrons. The van der Waals surface area contributed by atoms with Gasteiger partial charge in [0, 0.05) is 0 Å². The second-order valence-electron chi connectivity index (χ2n) is 4.80. The Balaban J connectivity index is 1.83. The minimum Gasteiger partial charge on any atom is -0.506 e. The topological polar surface area (TPSA) is 40.5 Å². The lowest BCUT2D eigenvalue weighted by molar-refractivity contribution is -0.113. The third-order valence-electron chi connectivity index (χ3n) is 3.25. The summed E-state index contributed by atoms with van der Waals surface area (Å²) in [5.41, 5.74) is 1.46. The van der Waals surface area contributed by atoms with Crippen molar-refractivity contribution in [3.8, 4) is 5.75 Å². The fraction of sp³-hybridized carbons (Fsp3) is 0. The first-order valence-electron chi connectivity index (χ1n) is 6.94. The first-order chi connectivity index (χ1) is 11.2.